The summed E-state index contributed by atoms with van der Waals surface area (Å²) in [6.07, 6.45) is 1.65. The van der Waals surface area contributed by atoms with Gasteiger partial charge in [0.15, 0.2) is 21.5 Å². The van der Waals surface area contributed by atoms with Crippen LogP contribution in [0.1, 0.15) is 50.2 Å². The van der Waals surface area contributed by atoms with Crippen molar-refractivity contribution in [1.82, 2.24) is 20.5 Å². The molecular weight excluding hydrogens is 504 g/mol. The van der Waals surface area contributed by atoms with Crippen LogP contribution in [-0.2, 0) is 20.4 Å². The number of para-hydroxylation sites is 2. The highest BCUT2D eigenvalue weighted by atomic mass is 32.2. The van der Waals surface area contributed by atoms with Crippen LogP contribution in [0.2, 0.25) is 0 Å². The first kappa shape index (κ1) is 28.2. The minimum absolute atomic E-state index is 0.0282. The first-order valence-corrected chi connectivity index (χ1v) is 15.1. The largest absolute Gasteiger partial charge is 0.438 e. The molecular formula is C28H38N4O5S. The summed E-state index contributed by atoms with van der Waals surface area (Å²) in [7, 11) is -1.56. The number of benzene rings is 2. The molecule has 3 aromatic rings. The highest BCUT2D eigenvalue weighted by molar-refractivity contribution is 7.90. The number of oxazole rings is 1. The molecule has 0 saturated carbocycles. The molecule has 1 fully saturated rings. The van der Waals surface area contributed by atoms with Gasteiger partial charge in [0, 0.05) is 6.04 Å². The summed E-state index contributed by atoms with van der Waals surface area (Å²) in [6.45, 7) is 3.70. The average Bonchev–Trinajstić information content (AvgIpc) is 3.33. The number of hydrogen-bond acceptors (Lipinski definition) is 8. The Hall–Kier alpha value is -2.79. The number of nitrogens with zero attached hydrogens (tertiary/aromatic N) is 2. The number of aliphatic hydroxyl groups excluding tert-OH is 1. The van der Waals surface area contributed by atoms with Gasteiger partial charge in [-0.3, -0.25) is 4.79 Å². The van der Waals surface area contributed by atoms with Crippen molar-refractivity contribution in [3.8, 4) is 0 Å². The van der Waals surface area contributed by atoms with Crippen LogP contribution in [0.4, 0.5) is 0 Å². The number of amides is 1. The van der Waals surface area contributed by atoms with Gasteiger partial charge >= 0.3 is 0 Å². The van der Waals surface area contributed by atoms with E-state index < -0.39 is 33.9 Å². The Kier molecular flexibility index (Phi) is 9.54. The normalized spacial score (nSPS) is 17.8. The van der Waals surface area contributed by atoms with Crippen molar-refractivity contribution in [3.05, 3.63) is 66.1 Å². The van der Waals surface area contributed by atoms with Gasteiger partial charge in [-0.25, -0.2) is 13.4 Å². The lowest BCUT2D eigenvalue weighted by Crippen LogP contribution is -2.56. The molecule has 1 aliphatic heterocycles. The van der Waals surface area contributed by atoms with E-state index in [9.17, 15) is 18.3 Å². The van der Waals surface area contributed by atoms with Gasteiger partial charge in [0.25, 0.3) is 0 Å². The number of piperidine rings is 1. The van der Waals surface area contributed by atoms with Crippen molar-refractivity contribution in [2.45, 2.75) is 62.6 Å². The fourth-order valence-corrected chi connectivity index (χ4v) is 6.47. The third-order valence-electron chi connectivity index (χ3n) is 6.99. The van der Waals surface area contributed by atoms with E-state index in [1.54, 1.807) is 36.4 Å². The van der Waals surface area contributed by atoms with Crippen LogP contribution >= 0.6 is 0 Å². The summed E-state index contributed by atoms with van der Waals surface area (Å²) >= 11 is 0. The lowest BCUT2D eigenvalue weighted by atomic mass is 10.0. The van der Waals surface area contributed by atoms with Gasteiger partial charge in [-0.1, -0.05) is 55.8 Å². The Morgan fingerprint density at radius 2 is 1.82 bits per heavy atom. The number of sulfone groups is 1. The second kappa shape index (κ2) is 12.8. The smallest absolute Gasteiger partial charge is 0.238 e. The van der Waals surface area contributed by atoms with Crippen LogP contribution in [0.15, 0.2) is 59.0 Å². The predicted molar refractivity (Wildman–Crippen MR) is 147 cm³/mol. The molecule has 0 radical (unpaired) electrons. The molecule has 2 aromatic carbocycles. The Morgan fingerprint density at radius 1 is 1.13 bits per heavy atom. The van der Waals surface area contributed by atoms with E-state index in [2.05, 4.69) is 20.5 Å². The number of fused-ring (bicyclic) bond motifs is 1. The number of likely N-dealkylation sites (tertiary alicyclic amines) is 1. The number of hydrogen-bond donors (Lipinski definition) is 3. The molecule has 0 aliphatic carbocycles. The number of aromatic nitrogens is 1. The molecule has 1 aromatic heterocycles. The van der Waals surface area contributed by atoms with Gasteiger partial charge in [0.2, 0.25) is 11.8 Å². The quantitative estimate of drug-likeness (QED) is 0.319. The van der Waals surface area contributed by atoms with E-state index in [4.69, 9.17) is 4.42 Å². The van der Waals surface area contributed by atoms with Crippen LogP contribution in [0.25, 0.3) is 11.1 Å². The molecule has 9 nitrogen and oxygen atoms in total. The van der Waals surface area contributed by atoms with E-state index in [1.165, 1.54) is 0 Å². The molecule has 38 heavy (non-hydrogen) atoms. The van der Waals surface area contributed by atoms with Gasteiger partial charge in [-0.05, 0) is 57.1 Å². The Bertz CT molecular complexity index is 1260. The number of nitrogens with one attached hydrogen (secondary N) is 2. The van der Waals surface area contributed by atoms with Crippen molar-refractivity contribution in [1.29, 1.82) is 0 Å². The molecule has 1 amide bonds. The first-order chi connectivity index (χ1) is 18.2. The van der Waals surface area contributed by atoms with Crippen molar-refractivity contribution in [2.75, 3.05) is 25.9 Å². The molecule has 4 rings (SSSR count). The SMILES string of the molecule is CCC[C@H](NC(=O)C(CS(=O)(=O)Cc1ccccc1)NC1CCN(C)CC1)C(O)c1nc2ccccc2o1. The highest BCUT2D eigenvalue weighted by Crippen LogP contribution is 2.24. The standard InChI is InChI=1S/C28H38N4O5S/c1-3-9-23(26(33)28-31-22-12-7-8-13-25(22)37-28)30-27(34)24(29-21-14-16-32(2)17-15-21)19-38(35,36)18-20-10-5-4-6-11-20/h4-8,10-13,21,23-24,26,29,33H,3,9,14-19H2,1-2H3,(H,30,34)/t23-,24?,26?/m0/s1. The van der Waals surface area contributed by atoms with Crippen molar-refractivity contribution in [2.24, 2.45) is 0 Å². The summed E-state index contributed by atoms with van der Waals surface area (Å²) in [5, 5.41) is 17.4. The predicted octanol–water partition coefficient (Wildman–Crippen LogP) is 2.81. The first-order valence-electron chi connectivity index (χ1n) is 13.3. The third kappa shape index (κ3) is 7.63. The fourth-order valence-electron chi connectivity index (χ4n) is 4.89. The molecule has 2 unspecified atom stereocenters. The lowest BCUT2D eigenvalue weighted by molar-refractivity contribution is -0.124. The van der Waals surface area contributed by atoms with Gasteiger partial charge in [0.05, 0.1) is 17.5 Å². The van der Waals surface area contributed by atoms with Gasteiger partial charge in [-0.15, -0.1) is 0 Å². The maximum absolute atomic E-state index is 13.6. The molecule has 2 heterocycles. The Morgan fingerprint density at radius 3 is 2.50 bits per heavy atom. The van der Waals surface area contributed by atoms with Crippen LogP contribution in [0.3, 0.4) is 0 Å². The Labute approximate surface area is 224 Å². The van der Waals surface area contributed by atoms with Crippen LogP contribution in [0, 0.1) is 0 Å². The van der Waals surface area contributed by atoms with Crippen LogP contribution in [-0.4, -0.2) is 73.3 Å². The summed E-state index contributed by atoms with van der Waals surface area (Å²) in [5.74, 6) is -0.801. The summed E-state index contributed by atoms with van der Waals surface area (Å²) in [6, 6.07) is 14.6. The van der Waals surface area contributed by atoms with E-state index in [0.29, 0.717) is 29.5 Å². The monoisotopic (exact) mass is 542 g/mol. The van der Waals surface area contributed by atoms with E-state index in [0.717, 1.165) is 25.9 Å². The summed E-state index contributed by atoms with van der Waals surface area (Å²) < 4.78 is 32.1. The third-order valence-corrected chi connectivity index (χ3v) is 8.61. The molecule has 1 saturated heterocycles. The molecule has 3 atom stereocenters. The maximum Gasteiger partial charge on any atom is 0.238 e. The van der Waals surface area contributed by atoms with Gasteiger partial charge in [-0.2, -0.15) is 0 Å². The van der Waals surface area contributed by atoms with E-state index >= 15 is 0 Å². The van der Waals surface area contributed by atoms with Crippen molar-refractivity contribution in [3.63, 3.8) is 0 Å². The van der Waals surface area contributed by atoms with Crippen LogP contribution < -0.4 is 10.6 Å². The minimum atomic E-state index is -3.61. The second-order valence-corrected chi connectivity index (χ2v) is 12.3. The summed E-state index contributed by atoms with van der Waals surface area (Å²) in [5.41, 5.74) is 1.86. The van der Waals surface area contributed by atoms with Gasteiger partial charge < -0.3 is 25.1 Å². The number of carbonyl (C=O) groups excluding carboxylic acids is 1. The van der Waals surface area contributed by atoms with Crippen LogP contribution in [0.5, 0.6) is 0 Å². The van der Waals surface area contributed by atoms with Crippen molar-refractivity contribution >= 4 is 26.8 Å². The number of carbonyl (C=O) groups is 1. The Balaban J connectivity index is 1.51. The molecule has 10 heteroatoms. The summed E-state index contributed by atoms with van der Waals surface area (Å²) in [4.78, 5) is 20.2. The maximum atomic E-state index is 13.6. The molecule has 0 spiro atoms. The zero-order valence-electron chi connectivity index (χ0n) is 22.0. The topological polar surface area (TPSA) is 125 Å². The van der Waals surface area contributed by atoms with Crippen molar-refractivity contribution < 1.29 is 22.7 Å². The van der Waals surface area contributed by atoms with E-state index in [-0.39, 0.29) is 23.4 Å². The van der Waals surface area contributed by atoms with E-state index in [1.807, 2.05) is 32.2 Å². The fraction of sp³-hybridized carbons (Fsp3) is 0.500. The average molecular weight is 543 g/mol. The molecule has 0 bridgehead atoms. The minimum Gasteiger partial charge on any atom is -0.438 e. The van der Waals surface area contributed by atoms with Gasteiger partial charge in [0.1, 0.15) is 11.6 Å². The molecule has 3 N–H and O–H groups in total. The molecule has 1 aliphatic rings. The number of aliphatic hydroxyl groups is 1. The zero-order valence-corrected chi connectivity index (χ0v) is 22.9. The highest BCUT2D eigenvalue weighted by Gasteiger charge is 2.33. The lowest BCUT2D eigenvalue weighted by Gasteiger charge is -2.33. The number of rotatable bonds is 12. The molecule has 206 valence electrons. The second-order valence-electron chi connectivity index (χ2n) is 10.2. The zero-order chi connectivity index (χ0) is 27.1.